The van der Waals surface area contributed by atoms with Gasteiger partial charge in [-0.05, 0) is 13.2 Å². The second-order valence-electron chi connectivity index (χ2n) is 1.98. The van der Waals surface area contributed by atoms with E-state index in [1.54, 1.807) is 26.0 Å². The Balaban J connectivity index is 3.62. The number of hydrogen-bond donors (Lipinski definition) is 0. The zero-order chi connectivity index (χ0) is 7.33. The number of thioether (sulfide) groups is 1. The molecule has 0 fully saturated rings. The molecular weight excluding hydrogens is 136 g/mol. The van der Waals surface area contributed by atoms with E-state index in [0.29, 0.717) is 0 Å². The summed E-state index contributed by atoms with van der Waals surface area (Å²) >= 11 is 1.71. The molecule has 0 radical (unpaired) electrons. The van der Waals surface area contributed by atoms with E-state index < -0.39 is 5.79 Å². The molecule has 0 saturated carbocycles. The van der Waals surface area contributed by atoms with E-state index in [4.69, 9.17) is 9.47 Å². The van der Waals surface area contributed by atoms with Gasteiger partial charge in [0.2, 0.25) is 0 Å². The Hall–Kier alpha value is 0.270. The van der Waals surface area contributed by atoms with Gasteiger partial charge in [0.25, 0.3) is 0 Å². The second-order valence-corrected chi connectivity index (χ2v) is 2.84. The van der Waals surface area contributed by atoms with Crippen molar-refractivity contribution < 1.29 is 9.47 Å². The smallest absolute Gasteiger partial charge is 0.173 e. The van der Waals surface area contributed by atoms with Gasteiger partial charge in [-0.2, -0.15) is 11.8 Å². The van der Waals surface area contributed by atoms with Crippen LogP contribution in [-0.4, -0.2) is 32.0 Å². The van der Waals surface area contributed by atoms with Gasteiger partial charge < -0.3 is 9.47 Å². The SMILES string of the molecule is COC(C)(CSC)OC. The Bertz CT molecular complexity index is 71.5. The lowest BCUT2D eigenvalue weighted by atomic mass is 10.4. The summed E-state index contributed by atoms with van der Waals surface area (Å²) in [5, 5.41) is 0. The normalized spacial score (nSPS) is 12.0. The molecule has 0 spiro atoms. The van der Waals surface area contributed by atoms with E-state index >= 15 is 0 Å². The van der Waals surface area contributed by atoms with Crippen LogP contribution in [0.5, 0.6) is 0 Å². The molecule has 0 bridgehead atoms. The highest BCUT2D eigenvalue weighted by Gasteiger charge is 2.20. The van der Waals surface area contributed by atoms with Gasteiger partial charge in [-0.15, -0.1) is 0 Å². The molecule has 0 aromatic heterocycles. The highest BCUT2D eigenvalue weighted by atomic mass is 32.2. The minimum Gasteiger partial charge on any atom is -0.353 e. The predicted octanol–water partition coefficient (Wildman–Crippen LogP) is 1.36. The third kappa shape index (κ3) is 3.08. The minimum absolute atomic E-state index is 0.403. The van der Waals surface area contributed by atoms with Crippen molar-refractivity contribution in [2.45, 2.75) is 12.7 Å². The first kappa shape index (κ1) is 9.27. The van der Waals surface area contributed by atoms with E-state index in [1.807, 2.05) is 13.2 Å². The number of hydrogen-bond acceptors (Lipinski definition) is 3. The van der Waals surface area contributed by atoms with Crippen molar-refractivity contribution in [2.24, 2.45) is 0 Å². The highest BCUT2D eigenvalue weighted by Crippen LogP contribution is 2.14. The molecular formula is C6H14O2S. The van der Waals surface area contributed by atoms with Gasteiger partial charge in [0, 0.05) is 20.0 Å². The van der Waals surface area contributed by atoms with Crippen molar-refractivity contribution in [1.29, 1.82) is 0 Å². The molecule has 0 aromatic rings. The Kier molecular flexibility index (Phi) is 4.27. The monoisotopic (exact) mass is 150 g/mol. The average molecular weight is 150 g/mol. The molecule has 56 valence electrons. The molecule has 0 amide bonds. The molecule has 0 rings (SSSR count). The molecule has 0 N–H and O–H groups in total. The van der Waals surface area contributed by atoms with Crippen LogP contribution in [0.3, 0.4) is 0 Å². The van der Waals surface area contributed by atoms with E-state index in [9.17, 15) is 0 Å². The lowest BCUT2D eigenvalue weighted by Gasteiger charge is -2.24. The quantitative estimate of drug-likeness (QED) is 0.564. The van der Waals surface area contributed by atoms with Crippen molar-refractivity contribution in [3.05, 3.63) is 0 Å². The topological polar surface area (TPSA) is 18.5 Å². The summed E-state index contributed by atoms with van der Waals surface area (Å²) in [6.45, 7) is 1.92. The number of rotatable bonds is 4. The fourth-order valence-corrected chi connectivity index (χ4v) is 1.22. The maximum atomic E-state index is 5.08. The van der Waals surface area contributed by atoms with Crippen molar-refractivity contribution in [2.75, 3.05) is 26.2 Å². The van der Waals surface area contributed by atoms with Crippen molar-refractivity contribution >= 4 is 11.8 Å². The van der Waals surface area contributed by atoms with E-state index in [1.165, 1.54) is 0 Å². The largest absolute Gasteiger partial charge is 0.353 e. The van der Waals surface area contributed by atoms with Gasteiger partial charge in [-0.25, -0.2) is 0 Å². The second kappa shape index (κ2) is 4.14. The predicted molar refractivity (Wildman–Crippen MR) is 40.8 cm³/mol. The van der Waals surface area contributed by atoms with Crippen molar-refractivity contribution in [3.63, 3.8) is 0 Å². The van der Waals surface area contributed by atoms with Gasteiger partial charge in [0.15, 0.2) is 5.79 Å². The molecule has 0 heterocycles. The average Bonchev–Trinajstić information content (AvgIpc) is 1.89. The first-order valence-electron chi connectivity index (χ1n) is 2.78. The first-order valence-corrected chi connectivity index (χ1v) is 4.17. The molecule has 2 nitrogen and oxygen atoms in total. The standard InChI is InChI=1S/C6H14O2S/c1-6(7-2,8-3)5-9-4/h5H2,1-4H3. The lowest BCUT2D eigenvalue weighted by Crippen LogP contribution is -2.32. The number of methoxy groups -OCH3 is 2. The van der Waals surface area contributed by atoms with E-state index in [2.05, 4.69) is 0 Å². The minimum atomic E-state index is -0.403. The molecule has 0 atom stereocenters. The van der Waals surface area contributed by atoms with Crippen molar-refractivity contribution in [1.82, 2.24) is 0 Å². The molecule has 3 heteroatoms. The lowest BCUT2D eigenvalue weighted by molar-refractivity contribution is -0.175. The molecule has 0 unspecified atom stereocenters. The Labute approximate surface area is 60.9 Å². The Morgan fingerprint density at radius 2 is 1.78 bits per heavy atom. The maximum Gasteiger partial charge on any atom is 0.173 e. The van der Waals surface area contributed by atoms with Crippen LogP contribution < -0.4 is 0 Å². The van der Waals surface area contributed by atoms with Gasteiger partial charge in [0.1, 0.15) is 0 Å². The van der Waals surface area contributed by atoms with E-state index in [0.717, 1.165) is 5.75 Å². The fourth-order valence-electron chi connectivity index (χ4n) is 0.463. The van der Waals surface area contributed by atoms with Crippen LogP contribution in [-0.2, 0) is 9.47 Å². The molecule has 0 aliphatic carbocycles. The summed E-state index contributed by atoms with van der Waals surface area (Å²) in [5.74, 6) is 0.458. The van der Waals surface area contributed by atoms with Crippen LogP contribution in [0.15, 0.2) is 0 Å². The Morgan fingerprint density at radius 1 is 1.33 bits per heavy atom. The van der Waals surface area contributed by atoms with Crippen LogP contribution in [0.25, 0.3) is 0 Å². The highest BCUT2D eigenvalue weighted by molar-refractivity contribution is 7.98. The zero-order valence-electron chi connectivity index (χ0n) is 6.43. The van der Waals surface area contributed by atoms with Gasteiger partial charge in [-0.3, -0.25) is 0 Å². The van der Waals surface area contributed by atoms with Crippen LogP contribution in [0.4, 0.5) is 0 Å². The maximum absolute atomic E-state index is 5.08. The van der Waals surface area contributed by atoms with Crippen LogP contribution in [0.1, 0.15) is 6.92 Å². The molecule has 0 aromatic carbocycles. The third-order valence-electron chi connectivity index (χ3n) is 1.27. The Morgan fingerprint density at radius 3 is 1.89 bits per heavy atom. The molecule has 0 aliphatic heterocycles. The summed E-state index contributed by atoms with van der Waals surface area (Å²) < 4.78 is 10.2. The summed E-state index contributed by atoms with van der Waals surface area (Å²) in [6, 6.07) is 0. The van der Waals surface area contributed by atoms with Crippen molar-refractivity contribution in [3.8, 4) is 0 Å². The fraction of sp³-hybridized carbons (Fsp3) is 1.00. The van der Waals surface area contributed by atoms with Crippen LogP contribution >= 0.6 is 11.8 Å². The van der Waals surface area contributed by atoms with Gasteiger partial charge >= 0.3 is 0 Å². The molecule has 9 heavy (non-hydrogen) atoms. The van der Waals surface area contributed by atoms with Gasteiger partial charge in [0.05, 0.1) is 0 Å². The van der Waals surface area contributed by atoms with E-state index in [-0.39, 0.29) is 0 Å². The number of ether oxygens (including phenoxy) is 2. The third-order valence-corrected chi connectivity index (χ3v) is 2.08. The van der Waals surface area contributed by atoms with Crippen LogP contribution in [0, 0.1) is 0 Å². The molecule has 0 saturated heterocycles. The summed E-state index contributed by atoms with van der Waals surface area (Å²) in [4.78, 5) is 0. The zero-order valence-corrected chi connectivity index (χ0v) is 7.25. The first-order chi connectivity index (χ1) is 4.18. The summed E-state index contributed by atoms with van der Waals surface area (Å²) in [6.07, 6.45) is 2.02. The van der Waals surface area contributed by atoms with Crippen LogP contribution in [0.2, 0.25) is 0 Å². The summed E-state index contributed by atoms with van der Waals surface area (Å²) in [5.41, 5.74) is 0. The summed E-state index contributed by atoms with van der Waals surface area (Å²) in [7, 11) is 3.30. The molecule has 0 aliphatic rings. The van der Waals surface area contributed by atoms with Gasteiger partial charge in [-0.1, -0.05) is 0 Å².